The van der Waals surface area contributed by atoms with Crippen LogP contribution in [0.2, 0.25) is 0 Å². The number of benzene rings is 1. The first-order valence-electron chi connectivity index (χ1n) is 10.1. The highest BCUT2D eigenvalue weighted by atomic mass is 127. The van der Waals surface area contributed by atoms with E-state index in [0.717, 1.165) is 57.8 Å². The molecule has 0 saturated heterocycles. The minimum Gasteiger partial charge on any atom is -0.383 e. The number of ether oxygens (including phenoxy) is 1. The van der Waals surface area contributed by atoms with Gasteiger partial charge in [0.1, 0.15) is 0 Å². The first kappa shape index (κ1) is 23.0. The average molecular weight is 499 g/mol. The van der Waals surface area contributed by atoms with Gasteiger partial charge in [-0.25, -0.2) is 0 Å². The maximum atomic E-state index is 5.23. The number of halogens is 1. The van der Waals surface area contributed by atoms with E-state index in [1.807, 2.05) is 0 Å². The van der Waals surface area contributed by atoms with Gasteiger partial charge in [0, 0.05) is 56.4 Å². The molecule has 0 amide bonds. The molecule has 0 atom stereocenters. The highest BCUT2D eigenvalue weighted by molar-refractivity contribution is 14.0. The number of aromatic nitrogens is 1. The fourth-order valence-electron chi connectivity index (χ4n) is 3.41. The van der Waals surface area contributed by atoms with Gasteiger partial charge in [-0.1, -0.05) is 18.2 Å². The Hall–Kier alpha value is -1.32. The monoisotopic (exact) mass is 499 g/mol. The molecule has 1 aromatic heterocycles. The van der Waals surface area contributed by atoms with Gasteiger partial charge in [-0.3, -0.25) is 9.89 Å². The largest absolute Gasteiger partial charge is 0.383 e. The third-order valence-electron chi connectivity index (χ3n) is 5.01. The zero-order chi connectivity index (χ0) is 18.9. The van der Waals surface area contributed by atoms with Crippen molar-refractivity contribution < 1.29 is 4.74 Å². The molecule has 28 heavy (non-hydrogen) atoms. The lowest BCUT2D eigenvalue weighted by Gasteiger charge is -2.20. The standard InChI is InChI=1S/C21H33N5O.HI/c1-3-22-21(24-12-13-26(14-15-27-2)18-8-9-18)23-11-10-17-16-25-20-7-5-4-6-19(17)20;/h4-7,16,18,25H,3,8-15H2,1-2H3,(H2,22,23,24);1H. The lowest BCUT2D eigenvalue weighted by atomic mass is 10.1. The Morgan fingerprint density at radius 3 is 2.82 bits per heavy atom. The number of hydrogen-bond donors (Lipinski definition) is 3. The Morgan fingerprint density at radius 2 is 2.07 bits per heavy atom. The molecule has 1 saturated carbocycles. The quantitative estimate of drug-likeness (QED) is 0.253. The maximum absolute atomic E-state index is 5.23. The second-order valence-electron chi connectivity index (χ2n) is 7.06. The highest BCUT2D eigenvalue weighted by Gasteiger charge is 2.28. The topological polar surface area (TPSA) is 64.7 Å². The van der Waals surface area contributed by atoms with E-state index >= 15 is 0 Å². The average Bonchev–Trinajstić information content (AvgIpc) is 3.45. The van der Waals surface area contributed by atoms with Crippen LogP contribution in [0.1, 0.15) is 25.3 Å². The number of hydrogen-bond acceptors (Lipinski definition) is 3. The molecule has 1 fully saturated rings. The molecule has 156 valence electrons. The number of para-hydroxylation sites is 1. The molecule has 1 aromatic carbocycles. The number of aliphatic imine (C=N–C) groups is 1. The molecule has 6 nitrogen and oxygen atoms in total. The van der Waals surface area contributed by atoms with E-state index in [1.54, 1.807) is 7.11 Å². The minimum absolute atomic E-state index is 0. The van der Waals surface area contributed by atoms with Gasteiger partial charge in [0.05, 0.1) is 13.2 Å². The number of H-pyrrole nitrogens is 1. The van der Waals surface area contributed by atoms with Gasteiger partial charge in [-0.15, -0.1) is 24.0 Å². The molecule has 1 aliphatic rings. The van der Waals surface area contributed by atoms with Crippen molar-refractivity contribution in [3.05, 3.63) is 36.0 Å². The third-order valence-corrected chi connectivity index (χ3v) is 5.01. The van der Waals surface area contributed by atoms with Crippen molar-refractivity contribution >= 4 is 40.8 Å². The zero-order valence-corrected chi connectivity index (χ0v) is 19.4. The molecule has 0 bridgehead atoms. The van der Waals surface area contributed by atoms with E-state index in [0.29, 0.717) is 0 Å². The van der Waals surface area contributed by atoms with Gasteiger partial charge in [-0.2, -0.15) is 0 Å². The summed E-state index contributed by atoms with van der Waals surface area (Å²) >= 11 is 0. The van der Waals surface area contributed by atoms with E-state index < -0.39 is 0 Å². The van der Waals surface area contributed by atoms with Crippen LogP contribution in [0.4, 0.5) is 0 Å². The lowest BCUT2D eigenvalue weighted by Crippen LogP contribution is -2.39. The molecular weight excluding hydrogens is 465 g/mol. The molecule has 0 aliphatic heterocycles. The number of aromatic amines is 1. The van der Waals surface area contributed by atoms with Crippen LogP contribution < -0.4 is 10.6 Å². The summed E-state index contributed by atoms with van der Waals surface area (Å²) in [5.74, 6) is 0.903. The summed E-state index contributed by atoms with van der Waals surface area (Å²) in [6.07, 6.45) is 5.71. The highest BCUT2D eigenvalue weighted by Crippen LogP contribution is 2.26. The third kappa shape index (κ3) is 6.93. The summed E-state index contributed by atoms with van der Waals surface area (Å²) in [5.41, 5.74) is 2.54. The summed E-state index contributed by atoms with van der Waals surface area (Å²) in [4.78, 5) is 10.6. The van der Waals surface area contributed by atoms with Crippen LogP contribution in [-0.4, -0.2) is 68.3 Å². The van der Waals surface area contributed by atoms with Crippen LogP contribution in [0.3, 0.4) is 0 Å². The number of fused-ring (bicyclic) bond motifs is 1. The van der Waals surface area contributed by atoms with Crippen LogP contribution in [0, 0.1) is 0 Å². The smallest absolute Gasteiger partial charge is 0.191 e. The molecule has 0 unspecified atom stereocenters. The van der Waals surface area contributed by atoms with Gasteiger partial charge in [0.2, 0.25) is 0 Å². The van der Waals surface area contributed by atoms with E-state index in [-0.39, 0.29) is 24.0 Å². The number of nitrogens with zero attached hydrogens (tertiary/aromatic N) is 2. The van der Waals surface area contributed by atoms with Crippen molar-refractivity contribution in [2.24, 2.45) is 4.99 Å². The van der Waals surface area contributed by atoms with E-state index in [1.165, 1.54) is 29.3 Å². The number of nitrogens with one attached hydrogen (secondary N) is 3. The summed E-state index contributed by atoms with van der Waals surface area (Å²) in [7, 11) is 1.77. The normalized spacial score (nSPS) is 14.3. The minimum atomic E-state index is 0. The Labute approximate surface area is 185 Å². The van der Waals surface area contributed by atoms with E-state index in [4.69, 9.17) is 9.73 Å². The number of guanidine groups is 1. The van der Waals surface area contributed by atoms with Crippen molar-refractivity contribution in [3.8, 4) is 0 Å². The van der Waals surface area contributed by atoms with Crippen molar-refractivity contribution in [3.63, 3.8) is 0 Å². The lowest BCUT2D eigenvalue weighted by molar-refractivity contribution is 0.145. The molecule has 2 aromatic rings. The second kappa shape index (κ2) is 12.3. The molecule has 0 radical (unpaired) electrons. The van der Waals surface area contributed by atoms with Gasteiger partial charge in [0.15, 0.2) is 5.96 Å². The van der Waals surface area contributed by atoms with E-state index in [2.05, 4.69) is 57.9 Å². The van der Waals surface area contributed by atoms with Gasteiger partial charge in [0.25, 0.3) is 0 Å². The Bertz CT molecular complexity index is 728. The first-order chi connectivity index (χ1) is 13.3. The summed E-state index contributed by atoms with van der Waals surface area (Å²) in [6.45, 7) is 7.44. The van der Waals surface area contributed by atoms with Gasteiger partial charge in [-0.05, 0) is 37.8 Å². The Kier molecular flexibility index (Phi) is 10.1. The molecule has 1 aliphatic carbocycles. The van der Waals surface area contributed by atoms with Crippen molar-refractivity contribution in [2.45, 2.75) is 32.2 Å². The van der Waals surface area contributed by atoms with Crippen LogP contribution in [0.25, 0.3) is 10.9 Å². The summed E-state index contributed by atoms with van der Waals surface area (Å²) in [6, 6.07) is 9.19. The fourth-order valence-corrected chi connectivity index (χ4v) is 3.41. The number of rotatable bonds is 11. The number of methoxy groups -OCH3 is 1. The Morgan fingerprint density at radius 1 is 1.25 bits per heavy atom. The van der Waals surface area contributed by atoms with Gasteiger partial charge < -0.3 is 20.4 Å². The van der Waals surface area contributed by atoms with Crippen LogP contribution >= 0.6 is 24.0 Å². The van der Waals surface area contributed by atoms with Crippen molar-refractivity contribution in [1.29, 1.82) is 0 Å². The summed E-state index contributed by atoms with van der Waals surface area (Å²) < 4.78 is 5.23. The molecule has 7 heteroatoms. The fraction of sp³-hybridized carbons (Fsp3) is 0.571. The predicted molar refractivity (Wildman–Crippen MR) is 128 cm³/mol. The maximum Gasteiger partial charge on any atom is 0.191 e. The molecule has 3 N–H and O–H groups in total. The van der Waals surface area contributed by atoms with Crippen LogP contribution in [-0.2, 0) is 11.2 Å². The van der Waals surface area contributed by atoms with Crippen molar-refractivity contribution in [2.75, 3.05) is 46.4 Å². The van der Waals surface area contributed by atoms with Gasteiger partial charge >= 0.3 is 0 Å². The molecule has 1 heterocycles. The first-order valence-corrected chi connectivity index (χ1v) is 10.1. The Balaban J connectivity index is 0.00000280. The SMILES string of the molecule is CCNC(=NCCN(CCOC)C1CC1)NCCc1c[nH]c2ccccc12.I. The van der Waals surface area contributed by atoms with Crippen LogP contribution in [0.5, 0.6) is 0 Å². The second-order valence-corrected chi connectivity index (χ2v) is 7.06. The molecule has 3 rings (SSSR count). The summed E-state index contributed by atoms with van der Waals surface area (Å²) in [5, 5.41) is 8.12. The zero-order valence-electron chi connectivity index (χ0n) is 17.0. The molecule has 0 spiro atoms. The van der Waals surface area contributed by atoms with E-state index in [9.17, 15) is 0 Å². The predicted octanol–water partition coefficient (Wildman–Crippen LogP) is 2.99. The molecular formula is C21H34IN5O. The van der Waals surface area contributed by atoms with Crippen molar-refractivity contribution in [1.82, 2.24) is 20.5 Å². The van der Waals surface area contributed by atoms with Crippen LogP contribution in [0.15, 0.2) is 35.5 Å².